The molecule has 21 heavy (non-hydrogen) atoms. The van der Waals surface area contributed by atoms with Gasteiger partial charge in [0.1, 0.15) is 0 Å². The van der Waals surface area contributed by atoms with Gasteiger partial charge in [-0.15, -0.1) is 0 Å². The zero-order chi connectivity index (χ0) is 14.7. The van der Waals surface area contributed by atoms with E-state index in [-0.39, 0.29) is 0 Å². The summed E-state index contributed by atoms with van der Waals surface area (Å²) < 4.78 is 0. The second kappa shape index (κ2) is 6.91. The van der Waals surface area contributed by atoms with Crippen molar-refractivity contribution in [2.45, 2.75) is 43.8 Å². The van der Waals surface area contributed by atoms with Crippen LogP contribution in [0.15, 0.2) is 30.3 Å². The SMILES string of the molecule is CN(C)CC(NC1CCN2CCCC2C1)c1ccccc1. The van der Waals surface area contributed by atoms with Crippen molar-refractivity contribution in [2.24, 2.45) is 0 Å². The van der Waals surface area contributed by atoms with Crippen molar-refractivity contribution < 1.29 is 0 Å². The van der Waals surface area contributed by atoms with Crippen molar-refractivity contribution in [2.75, 3.05) is 33.7 Å². The zero-order valence-corrected chi connectivity index (χ0v) is 13.5. The van der Waals surface area contributed by atoms with E-state index in [4.69, 9.17) is 0 Å². The largest absolute Gasteiger partial charge is 0.308 e. The molecule has 0 amide bonds. The topological polar surface area (TPSA) is 18.5 Å². The maximum absolute atomic E-state index is 3.95. The molecular weight excluding hydrogens is 258 g/mol. The molecule has 2 aliphatic rings. The molecule has 3 heteroatoms. The minimum absolute atomic E-state index is 0.444. The summed E-state index contributed by atoms with van der Waals surface area (Å²) in [6.45, 7) is 3.68. The first-order valence-corrected chi connectivity index (χ1v) is 8.42. The number of likely N-dealkylation sites (N-methyl/N-ethyl adjacent to an activating group) is 1. The first kappa shape index (κ1) is 15.0. The number of piperidine rings is 1. The van der Waals surface area contributed by atoms with Crippen molar-refractivity contribution in [3.8, 4) is 0 Å². The Morgan fingerprint density at radius 3 is 2.76 bits per heavy atom. The average molecular weight is 287 g/mol. The van der Waals surface area contributed by atoms with Crippen LogP contribution < -0.4 is 5.32 Å². The number of benzene rings is 1. The molecule has 3 unspecified atom stereocenters. The van der Waals surface area contributed by atoms with E-state index in [0.29, 0.717) is 12.1 Å². The number of rotatable bonds is 5. The summed E-state index contributed by atoms with van der Waals surface area (Å²) in [6, 6.07) is 12.9. The van der Waals surface area contributed by atoms with E-state index < -0.39 is 0 Å². The summed E-state index contributed by atoms with van der Waals surface area (Å²) in [5, 5.41) is 3.95. The third-order valence-corrected chi connectivity index (χ3v) is 5.01. The summed E-state index contributed by atoms with van der Waals surface area (Å²) in [4.78, 5) is 4.98. The Labute approximate surface area is 129 Å². The lowest BCUT2D eigenvalue weighted by Gasteiger charge is -2.37. The molecule has 0 aliphatic carbocycles. The standard InChI is InChI=1S/C18H29N3/c1-20(2)14-18(15-7-4-3-5-8-15)19-16-10-12-21-11-6-9-17(21)13-16/h3-5,7-8,16-19H,6,9-14H2,1-2H3. The number of nitrogens with zero attached hydrogens (tertiary/aromatic N) is 2. The Balaban J connectivity index is 1.64. The van der Waals surface area contributed by atoms with Crippen LogP contribution in [0.1, 0.15) is 37.3 Å². The Kier molecular flexibility index (Phi) is 4.94. The molecule has 1 aromatic rings. The fraction of sp³-hybridized carbons (Fsp3) is 0.667. The van der Waals surface area contributed by atoms with Gasteiger partial charge in [-0.25, -0.2) is 0 Å². The van der Waals surface area contributed by atoms with E-state index in [0.717, 1.165) is 12.6 Å². The average Bonchev–Trinajstić information content (AvgIpc) is 2.94. The highest BCUT2D eigenvalue weighted by molar-refractivity contribution is 5.19. The zero-order valence-electron chi connectivity index (χ0n) is 13.5. The maximum atomic E-state index is 3.95. The predicted molar refractivity (Wildman–Crippen MR) is 88.5 cm³/mol. The van der Waals surface area contributed by atoms with Crippen molar-refractivity contribution >= 4 is 0 Å². The number of nitrogens with one attached hydrogen (secondary N) is 1. The second-order valence-corrected chi connectivity index (χ2v) is 6.95. The molecule has 0 saturated carbocycles. The van der Waals surface area contributed by atoms with Crippen LogP contribution in [0.2, 0.25) is 0 Å². The molecule has 0 radical (unpaired) electrons. The third kappa shape index (κ3) is 3.85. The molecule has 0 spiro atoms. The van der Waals surface area contributed by atoms with Crippen molar-refractivity contribution in [3.05, 3.63) is 35.9 Å². The van der Waals surface area contributed by atoms with E-state index in [1.165, 1.54) is 44.3 Å². The minimum atomic E-state index is 0.444. The molecule has 2 fully saturated rings. The monoisotopic (exact) mass is 287 g/mol. The van der Waals surface area contributed by atoms with Gasteiger partial charge in [-0.2, -0.15) is 0 Å². The predicted octanol–water partition coefficient (Wildman–Crippen LogP) is 2.51. The van der Waals surface area contributed by atoms with Crippen LogP contribution in [-0.4, -0.2) is 55.6 Å². The molecule has 0 bridgehead atoms. The van der Waals surface area contributed by atoms with Crippen LogP contribution in [0.25, 0.3) is 0 Å². The van der Waals surface area contributed by atoms with E-state index >= 15 is 0 Å². The molecule has 1 aromatic carbocycles. The molecule has 3 atom stereocenters. The van der Waals surface area contributed by atoms with Gasteiger partial charge in [0.25, 0.3) is 0 Å². The Morgan fingerprint density at radius 1 is 1.19 bits per heavy atom. The molecule has 2 saturated heterocycles. The number of hydrogen-bond donors (Lipinski definition) is 1. The second-order valence-electron chi connectivity index (χ2n) is 6.95. The summed E-state index contributed by atoms with van der Waals surface area (Å²) in [5.74, 6) is 0. The summed E-state index contributed by atoms with van der Waals surface area (Å²) in [6.07, 6.45) is 5.43. The molecule has 2 aliphatic heterocycles. The fourth-order valence-corrected chi connectivity index (χ4v) is 3.97. The smallest absolute Gasteiger partial charge is 0.0451 e. The van der Waals surface area contributed by atoms with Crippen LogP contribution in [0.5, 0.6) is 0 Å². The number of fused-ring (bicyclic) bond motifs is 1. The molecule has 116 valence electrons. The van der Waals surface area contributed by atoms with Gasteiger partial charge in [-0.3, -0.25) is 0 Å². The molecule has 1 N–H and O–H groups in total. The van der Waals surface area contributed by atoms with Gasteiger partial charge in [-0.05, 0) is 58.4 Å². The van der Waals surface area contributed by atoms with Crippen molar-refractivity contribution in [1.29, 1.82) is 0 Å². The van der Waals surface area contributed by atoms with Gasteiger partial charge in [-0.1, -0.05) is 30.3 Å². The summed E-state index contributed by atoms with van der Waals surface area (Å²) in [5.41, 5.74) is 1.42. The number of hydrogen-bond acceptors (Lipinski definition) is 3. The highest BCUT2D eigenvalue weighted by atomic mass is 15.2. The fourth-order valence-electron chi connectivity index (χ4n) is 3.97. The Morgan fingerprint density at radius 2 is 2.00 bits per heavy atom. The van der Waals surface area contributed by atoms with Gasteiger partial charge in [0.2, 0.25) is 0 Å². The minimum Gasteiger partial charge on any atom is -0.308 e. The Hall–Kier alpha value is -0.900. The van der Waals surface area contributed by atoms with Crippen LogP contribution in [0, 0.1) is 0 Å². The first-order chi connectivity index (χ1) is 10.2. The highest BCUT2D eigenvalue weighted by Crippen LogP contribution is 2.28. The lowest BCUT2D eigenvalue weighted by Crippen LogP contribution is -2.47. The van der Waals surface area contributed by atoms with Crippen LogP contribution >= 0.6 is 0 Å². The van der Waals surface area contributed by atoms with E-state index in [9.17, 15) is 0 Å². The normalized spacial score (nSPS) is 27.8. The first-order valence-electron chi connectivity index (χ1n) is 8.42. The molecule has 2 heterocycles. The lowest BCUT2D eigenvalue weighted by molar-refractivity contribution is 0.157. The molecule has 3 rings (SSSR count). The van der Waals surface area contributed by atoms with Crippen molar-refractivity contribution in [1.82, 2.24) is 15.1 Å². The van der Waals surface area contributed by atoms with E-state index in [1.807, 2.05) is 0 Å². The molecule has 3 nitrogen and oxygen atoms in total. The van der Waals surface area contributed by atoms with Gasteiger partial charge >= 0.3 is 0 Å². The van der Waals surface area contributed by atoms with E-state index in [2.05, 4.69) is 59.5 Å². The van der Waals surface area contributed by atoms with Gasteiger partial charge in [0, 0.05) is 24.7 Å². The van der Waals surface area contributed by atoms with Gasteiger partial charge < -0.3 is 15.1 Å². The summed E-state index contributed by atoms with van der Waals surface area (Å²) >= 11 is 0. The third-order valence-electron chi connectivity index (χ3n) is 5.01. The highest BCUT2D eigenvalue weighted by Gasteiger charge is 2.32. The molecule has 0 aromatic heterocycles. The summed E-state index contributed by atoms with van der Waals surface area (Å²) in [7, 11) is 4.33. The van der Waals surface area contributed by atoms with E-state index in [1.54, 1.807) is 0 Å². The maximum Gasteiger partial charge on any atom is 0.0451 e. The molecular formula is C18H29N3. The van der Waals surface area contributed by atoms with Gasteiger partial charge in [0.05, 0.1) is 0 Å². The quantitative estimate of drug-likeness (QED) is 0.898. The van der Waals surface area contributed by atoms with Gasteiger partial charge in [0.15, 0.2) is 0 Å². The van der Waals surface area contributed by atoms with Crippen LogP contribution in [0.3, 0.4) is 0 Å². The van der Waals surface area contributed by atoms with Crippen molar-refractivity contribution in [3.63, 3.8) is 0 Å². The lowest BCUT2D eigenvalue weighted by atomic mass is 9.95. The van der Waals surface area contributed by atoms with Crippen LogP contribution in [0.4, 0.5) is 0 Å². The van der Waals surface area contributed by atoms with Crippen LogP contribution in [-0.2, 0) is 0 Å². The Bertz CT molecular complexity index is 431.